The van der Waals surface area contributed by atoms with Gasteiger partial charge in [0.25, 0.3) is 10.0 Å². The summed E-state index contributed by atoms with van der Waals surface area (Å²) in [5.74, 6) is 0. The van der Waals surface area contributed by atoms with E-state index in [0.717, 1.165) is 12.8 Å². The first-order chi connectivity index (χ1) is 8.07. The van der Waals surface area contributed by atoms with E-state index in [9.17, 15) is 8.42 Å². The Balaban J connectivity index is 2.44. The summed E-state index contributed by atoms with van der Waals surface area (Å²) in [5.41, 5.74) is 0.560. The van der Waals surface area contributed by atoms with Crippen LogP contribution in [-0.2, 0) is 10.0 Å². The average molecular weight is 270 g/mol. The van der Waals surface area contributed by atoms with Crippen molar-refractivity contribution in [1.82, 2.24) is 4.31 Å². The van der Waals surface area contributed by atoms with E-state index >= 15 is 0 Å². The van der Waals surface area contributed by atoms with E-state index in [2.05, 4.69) is 5.32 Å². The Labute approximate surface area is 107 Å². The van der Waals surface area contributed by atoms with Gasteiger partial charge in [-0.25, -0.2) is 12.7 Å². The van der Waals surface area contributed by atoms with Crippen molar-refractivity contribution >= 4 is 33.0 Å². The molecule has 0 radical (unpaired) electrons. The zero-order valence-corrected chi connectivity index (χ0v) is 11.1. The number of hydrogen-bond donors (Lipinski definition) is 1. The van der Waals surface area contributed by atoms with Crippen molar-refractivity contribution in [3.05, 3.63) is 24.3 Å². The highest BCUT2D eigenvalue weighted by Gasteiger charge is 2.33. The smallest absolute Gasteiger partial charge is 0.268 e. The van der Waals surface area contributed by atoms with Crippen molar-refractivity contribution in [2.75, 3.05) is 11.9 Å². The van der Waals surface area contributed by atoms with Crippen molar-refractivity contribution in [3.63, 3.8) is 0 Å². The van der Waals surface area contributed by atoms with Crippen LogP contribution in [0.4, 0.5) is 5.69 Å². The van der Waals surface area contributed by atoms with Gasteiger partial charge in [0.1, 0.15) is 4.90 Å². The second kappa shape index (κ2) is 4.62. The van der Waals surface area contributed by atoms with Crippen molar-refractivity contribution in [1.29, 1.82) is 0 Å². The monoisotopic (exact) mass is 270 g/mol. The first-order valence-corrected chi connectivity index (χ1v) is 7.35. The van der Waals surface area contributed by atoms with Gasteiger partial charge in [0.2, 0.25) is 0 Å². The van der Waals surface area contributed by atoms with Gasteiger partial charge < -0.3 is 5.32 Å². The van der Waals surface area contributed by atoms with E-state index in [1.54, 1.807) is 24.3 Å². The van der Waals surface area contributed by atoms with Crippen LogP contribution in [-0.4, -0.2) is 24.4 Å². The maximum absolute atomic E-state index is 12.3. The maximum Gasteiger partial charge on any atom is 0.268 e. The third kappa shape index (κ3) is 2.14. The molecule has 0 saturated heterocycles. The Morgan fingerprint density at radius 3 is 2.76 bits per heavy atom. The molecule has 4 nitrogen and oxygen atoms in total. The molecule has 0 aromatic heterocycles. The summed E-state index contributed by atoms with van der Waals surface area (Å²) in [6.45, 7) is 2.44. The largest absolute Gasteiger partial charge is 0.331 e. The van der Waals surface area contributed by atoms with Gasteiger partial charge in [0, 0.05) is 6.54 Å². The molecular formula is C11H14N2O2S2. The third-order valence-corrected chi connectivity index (χ3v) is 4.93. The lowest BCUT2D eigenvalue weighted by Crippen LogP contribution is -2.44. The van der Waals surface area contributed by atoms with Crippen LogP contribution in [0.1, 0.15) is 19.8 Å². The first kappa shape index (κ1) is 12.3. The fraction of sp³-hybridized carbons (Fsp3) is 0.364. The van der Waals surface area contributed by atoms with Gasteiger partial charge in [-0.2, -0.15) is 0 Å². The van der Waals surface area contributed by atoms with Crippen LogP contribution in [0, 0.1) is 0 Å². The Bertz CT molecular complexity index is 540. The van der Waals surface area contributed by atoms with Crippen molar-refractivity contribution in [3.8, 4) is 0 Å². The van der Waals surface area contributed by atoms with Crippen molar-refractivity contribution in [2.24, 2.45) is 0 Å². The van der Waals surface area contributed by atoms with Gasteiger partial charge in [0.05, 0.1) is 5.69 Å². The number of benzene rings is 1. The molecule has 1 aromatic rings. The van der Waals surface area contributed by atoms with Crippen LogP contribution < -0.4 is 5.32 Å². The molecule has 0 bridgehead atoms. The number of para-hydroxylation sites is 1. The normalized spacial score (nSPS) is 17.5. The highest BCUT2D eigenvalue weighted by Crippen LogP contribution is 2.29. The summed E-state index contributed by atoms with van der Waals surface area (Å²) in [6, 6.07) is 6.81. The summed E-state index contributed by atoms with van der Waals surface area (Å²) in [6.07, 6.45) is 1.72. The minimum Gasteiger partial charge on any atom is -0.331 e. The number of thiocarbonyl (C=S) groups is 1. The Hall–Kier alpha value is -1.14. The summed E-state index contributed by atoms with van der Waals surface area (Å²) in [7, 11) is -3.47. The summed E-state index contributed by atoms with van der Waals surface area (Å²) in [5, 5.41) is 3.21. The van der Waals surface area contributed by atoms with Crippen molar-refractivity contribution in [2.45, 2.75) is 24.7 Å². The maximum atomic E-state index is 12.3. The van der Waals surface area contributed by atoms with Gasteiger partial charge in [-0.05, 0) is 30.8 Å². The second-order valence-electron chi connectivity index (χ2n) is 3.86. The standard InChI is InChI=1S/C11H14N2O2S2/c1-2-3-8-13-11(16)12-9-6-4-5-7-10(9)17(13,14)15/h4-7H,2-3,8H2,1H3,(H,12,16). The van der Waals surface area contributed by atoms with Gasteiger partial charge >= 0.3 is 0 Å². The van der Waals surface area contributed by atoms with E-state index in [0.29, 0.717) is 17.1 Å². The SMILES string of the molecule is CCCCN1C(=S)Nc2ccccc2S1(=O)=O. The molecule has 6 heteroatoms. The molecule has 0 amide bonds. The highest BCUT2D eigenvalue weighted by molar-refractivity contribution is 7.92. The Morgan fingerprint density at radius 2 is 2.06 bits per heavy atom. The lowest BCUT2D eigenvalue weighted by Gasteiger charge is -2.30. The van der Waals surface area contributed by atoms with Crippen LogP contribution in [0.3, 0.4) is 0 Å². The third-order valence-electron chi connectivity index (χ3n) is 2.64. The molecular weight excluding hydrogens is 256 g/mol. The van der Waals surface area contributed by atoms with Crippen LogP contribution >= 0.6 is 12.2 Å². The van der Waals surface area contributed by atoms with Gasteiger partial charge in [-0.1, -0.05) is 25.5 Å². The van der Waals surface area contributed by atoms with Gasteiger partial charge in [0.15, 0.2) is 5.11 Å². The van der Waals surface area contributed by atoms with Gasteiger partial charge in [-0.15, -0.1) is 0 Å². The van der Waals surface area contributed by atoms with E-state index in [4.69, 9.17) is 12.2 Å². The Morgan fingerprint density at radius 1 is 1.35 bits per heavy atom. The molecule has 0 unspecified atom stereocenters. The predicted octanol–water partition coefficient (Wildman–Crippen LogP) is 2.19. The number of nitrogens with one attached hydrogen (secondary N) is 1. The summed E-state index contributed by atoms with van der Waals surface area (Å²) in [4.78, 5) is 0.296. The molecule has 1 aromatic carbocycles. The van der Waals surface area contributed by atoms with E-state index in [-0.39, 0.29) is 5.11 Å². The molecule has 1 heterocycles. The van der Waals surface area contributed by atoms with E-state index in [1.165, 1.54) is 4.31 Å². The molecule has 1 aliphatic rings. The molecule has 1 aliphatic heterocycles. The zero-order valence-electron chi connectivity index (χ0n) is 9.51. The second-order valence-corrected chi connectivity index (χ2v) is 6.07. The lowest BCUT2D eigenvalue weighted by molar-refractivity contribution is 0.510. The number of sulfonamides is 1. The molecule has 0 fully saturated rings. The van der Waals surface area contributed by atoms with Crippen LogP contribution in [0.2, 0.25) is 0 Å². The number of rotatable bonds is 3. The number of nitrogens with zero attached hydrogens (tertiary/aromatic N) is 1. The fourth-order valence-electron chi connectivity index (χ4n) is 1.72. The van der Waals surface area contributed by atoms with E-state index in [1.807, 2.05) is 6.92 Å². The van der Waals surface area contributed by atoms with Crippen LogP contribution in [0.15, 0.2) is 29.2 Å². The first-order valence-electron chi connectivity index (χ1n) is 5.50. The molecule has 17 heavy (non-hydrogen) atoms. The molecule has 92 valence electrons. The number of hydrogen-bond acceptors (Lipinski definition) is 3. The highest BCUT2D eigenvalue weighted by atomic mass is 32.2. The molecule has 2 rings (SSSR count). The minimum atomic E-state index is -3.47. The number of unbranched alkanes of at least 4 members (excludes halogenated alkanes) is 1. The van der Waals surface area contributed by atoms with E-state index < -0.39 is 10.0 Å². The van der Waals surface area contributed by atoms with Crippen LogP contribution in [0.5, 0.6) is 0 Å². The number of fused-ring (bicyclic) bond motifs is 1. The quantitative estimate of drug-likeness (QED) is 0.855. The topological polar surface area (TPSA) is 49.4 Å². The molecule has 0 saturated carbocycles. The molecule has 1 N–H and O–H groups in total. The summed E-state index contributed by atoms with van der Waals surface area (Å²) < 4.78 is 25.9. The lowest BCUT2D eigenvalue weighted by atomic mass is 10.3. The average Bonchev–Trinajstić information content (AvgIpc) is 2.28. The Kier molecular flexibility index (Phi) is 3.35. The van der Waals surface area contributed by atoms with Crippen molar-refractivity contribution < 1.29 is 8.42 Å². The molecule has 0 atom stereocenters. The fourth-order valence-corrected chi connectivity index (χ4v) is 3.74. The van der Waals surface area contributed by atoms with Gasteiger partial charge in [-0.3, -0.25) is 0 Å². The molecule has 0 aliphatic carbocycles. The summed E-state index contributed by atoms with van der Waals surface area (Å²) >= 11 is 5.10. The molecule has 0 spiro atoms. The minimum absolute atomic E-state index is 0.261. The number of anilines is 1. The zero-order chi connectivity index (χ0) is 12.5. The van der Waals surface area contributed by atoms with Crippen LogP contribution in [0.25, 0.3) is 0 Å². The predicted molar refractivity (Wildman–Crippen MR) is 71.5 cm³/mol.